The summed E-state index contributed by atoms with van der Waals surface area (Å²) in [5, 5.41) is 0. The van der Waals surface area contributed by atoms with Crippen LogP contribution in [-0.4, -0.2) is 4.98 Å². The molecule has 3 aromatic carbocycles. The van der Waals surface area contributed by atoms with E-state index in [1.54, 1.807) is 0 Å². The van der Waals surface area contributed by atoms with Gasteiger partial charge in [0, 0.05) is 18.4 Å². The first kappa shape index (κ1) is 17.8. The quantitative estimate of drug-likeness (QED) is 0.401. The number of rotatable bonds is 7. The number of hydrogen-bond acceptors (Lipinski definition) is 3. The molecule has 0 spiro atoms. The highest BCUT2D eigenvalue weighted by Gasteiger charge is 2.11. The number of aromatic nitrogens is 1. The first-order valence-electron chi connectivity index (χ1n) is 9.38. The molecule has 4 rings (SSSR count). The molecule has 0 saturated heterocycles. The second kappa shape index (κ2) is 8.87. The van der Waals surface area contributed by atoms with Crippen molar-refractivity contribution in [1.82, 2.24) is 4.98 Å². The molecule has 0 bridgehead atoms. The number of pyridine rings is 1. The van der Waals surface area contributed by atoms with Gasteiger partial charge in [-0.25, -0.2) is 4.98 Å². The molecule has 0 amide bonds. The molecule has 3 nitrogen and oxygen atoms in total. The molecule has 0 radical (unpaired) electrons. The lowest BCUT2D eigenvalue weighted by atomic mass is 10.2. The normalized spacial score (nSPS) is 10.4. The van der Waals surface area contributed by atoms with E-state index in [1.807, 2.05) is 60.8 Å². The van der Waals surface area contributed by atoms with E-state index in [9.17, 15) is 0 Å². The third-order valence-electron chi connectivity index (χ3n) is 4.51. The summed E-state index contributed by atoms with van der Waals surface area (Å²) in [6.07, 6.45) is 1.82. The van der Waals surface area contributed by atoms with Gasteiger partial charge < -0.3 is 9.64 Å². The molecule has 0 aliphatic rings. The summed E-state index contributed by atoms with van der Waals surface area (Å²) >= 11 is 0. The van der Waals surface area contributed by atoms with Crippen LogP contribution >= 0.6 is 0 Å². The van der Waals surface area contributed by atoms with E-state index in [0.717, 1.165) is 29.4 Å². The summed E-state index contributed by atoms with van der Waals surface area (Å²) < 4.78 is 5.92. The molecule has 3 heteroatoms. The molecule has 4 aromatic rings. The molecule has 0 unspecified atom stereocenters. The molecule has 0 saturated carbocycles. The maximum Gasteiger partial charge on any atom is 0.133 e. The number of ether oxygens (including phenoxy) is 1. The zero-order valence-corrected chi connectivity index (χ0v) is 15.6. The summed E-state index contributed by atoms with van der Waals surface area (Å²) in [4.78, 5) is 6.75. The topological polar surface area (TPSA) is 25.4 Å². The van der Waals surface area contributed by atoms with E-state index < -0.39 is 0 Å². The van der Waals surface area contributed by atoms with Gasteiger partial charge in [0.05, 0.1) is 0 Å². The van der Waals surface area contributed by atoms with Crippen LogP contribution in [0, 0.1) is 0 Å². The zero-order chi connectivity index (χ0) is 19.0. The Hall–Kier alpha value is -3.59. The summed E-state index contributed by atoms with van der Waals surface area (Å²) in [7, 11) is 0. The van der Waals surface area contributed by atoms with Crippen LogP contribution in [0.2, 0.25) is 0 Å². The predicted octanol–water partition coefficient (Wildman–Crippen LogP) is 6.00. The maximum absolute atomic E-state index is 5.92. The molecule has 0 aliphatic heterocycles. The summed E-state index contributed by atoms with van der Waals surface area (Å²) in [6.45, 7) is 1.32. The molecule has 0 aliphatic carbocycles. The van der Waals surface area contributed by atoms with Gasteiger partial charge in [0.25, 0.3) is 0 Å². The van der Waals surface area contributed by atoms with Crippen LogP contribution in [0.3, 0.4) is 0 Å². The standard InChI is InChI=1S/C25H22N2O/c1-3-9-21(10-4-1)19-27(25-13-7-8-18-26-25)23-14-16-24(17-15-23)28-20-22-11-5-2-6-12-22/h1-18H,19-20H2. The van der Waals surface area contributed by atoms with Gasteiger partial charge in [0.15, 0.2) is 0 Å². The Morgan fingerprint density at radius 2 is 1.29 bits per heavy atom. The molecule has 1 heterocycles. The van der Waals surface area contributed by atoms with Gasteiger partial charge in [-0.15, -0.1) is 0 Å². The predicted molar refractivity (Wildman–Crippen MR) is 114 cm³/mol. The number of nitrogens with zero attached hydrogens (tertiary/aromatic N) is 2. The third kappa shape index (κ3) is 4.57. The minimum absolute atomic E-state index is 0.564. The molecular formula is C25H22N2O. The average molecular weight is 366 g/mol. The second-order valence-electron chi connectivity index (χ2n) is 6.53. The van der Waals surface area contributed by atoms with Gasteiger partial charge in [-0.2, -0.15) is 0 Å². The van der Waals surface area contributed by atoms with Crippen molar-refractivity contribution in [3.63, 3.8) is 0 Å². The Labute approximate surface area is 165 Å². The SMILES string of the molecule is c1ccc(COc2ccc(N(Cc3ccccc3)c3ccccn3)cc2)cc1. The number of anilines is 2. The fourth-order valence-corrected chi connectivity index (χ4v) is 3.05. The minimum atomic E-state index is 0.564. The molecule has 28 heavy (non-hydrogen) atoms. The molecule has 138 valence electrons. The highest BCUT2D eigenvalue weighted by molar-refractivity contribution is 5.61. The van der Waals surface area contributed by atoms with Gasteiger partial charge in [-0.3, -0.25) is 0 Å². The Kier molecular flexibility index (Phi) is 5.64. The lowest BCUT2D eigenvalue weighted by molar-refractivity contribution is 0.306. The van der Waals surface area contributed by atoms with Crippen molar-refractivity contribution in [3.8, 4) is 5.75 Å². The van der Waals surface area contributed by atoms with Crippen LogP contribution in [0.1, 0.15) is 11.1 Å². The van der Waals surface area contributed by atoms with Crippen LogP contribution < -0.4 is 9.64 Å². The van der Waals surface area contributed by atoms with Gasteiger partial charge in [-0.1, -0.05) is 66.7 Å². The van der Waals surface area contributed by atoms with E-state index in [2.05, 4.69) is 58.4 Å². The second-order valence-corrected chi connectivity index (χ2v) is 6.53. The van der Waals surface area contributed by atoms with E-state index in [1.165, 1.54) is 5.56 Å². The Balaban J connectivity index is 1.53. The first-order chi connectivity index (χ1) is 13.9. The smallest absolute Gasteiger partial charge is 0.133 e. The maximum atomic E-state index is 5.92. The monoisotopic (exact) mass is 366 g/mol. The Morgan fingerprint density at radius 1 is 0.643 bits per heavy atom. The van der Waals surface area contributed by atoms with Gasteiger partial charge in [0.1, 0.15) is 18.2 Å². The lowest BCUT2D eigenvalue weighted by Gasteiger charge is -2.24. The van der Waals surface area contributed by atoms with Crippen LogP contribution in [0.4, 0.5) is 11.5 Å². The van der Waals surface area contributed by atoms with Crippen LogP contribution in [0.5, 0.6) is 5.75 Å². The highest BCUT2D eigenvalue weighted by atomic mass is 16.5. The zero-order valence-electron chi connectivity index (χ0n) is 15.6. The van der Waals surface area contributed by atoms with Gasteiger partial charge >= 0.3 is 0 Å². The molecule has 0 fully saturated rings. The van der Waals surface area contributed by atoms with Crippen molar-refractivity contribution in [2.75, 3.05) is 4.90 Å². The first-order valence-corrected chi connectivity index (χ1v) is 9.38. The average Bonchev–Trinajstić information content (AvgIpc) is 2.78. The van der Waals surface area contributed by atoms with Crippen molar-refractivity contribution >= 4 is 11.5 Å². The molecule has 0 N–H and O–H groups in total. The fraction of sp³-hybridized carbons (Fsp3) is 0.0800. The van der Waals surface area contributed by atoms with E-state index >= 15 is 0 Å². The summed E-state index contributed by atoms with van der Waals surface area (Å²) in [6, 6.07) is 34.8. The van der Waals surface area contributed by atoms with Crippen molar-refractivity contribution in [2.45, 2.75) is 13.2 Å². The molecular weight excluding hydrogens is 344 g/mol. The summed E-state index contributed by atoms with van der Waals surface area (Å²) in [5.74, 6) is 1.78. The van der Waals surface area contributed by atoms with E-state index in [4.69, 9.17) is 4.74 Å². The number of hydrogen-bond donors (Lipinski definition) is 0. The fourth-order valence-electron chi connectivity index (χ4n) is 3.05. The minimum Gasteiger partial charge on any atom is -0.489 e. The Bertz CT molecular complexity index is 971. The van der Waals surface area contributed by atoms with Crippen LogP contribution in [0.25, 0.3) is 0 Å². The third-order valence-corrected chi connectivity index (χ3v) is 4.51. The van der Waals surface area contributed by atoms with Gasteiger partial charge in [-0.05, 0) is 47.5 Å². The summed E-state index contributed by atoms with van der Waals surface area (Å²) in [5.41, 5.74) is 3.47. The van der Waals surface area contributed by atoms with E-state index in [-0.39, 0.29) is 0 Å². The van der Waals surface area contributed by atoms with Crippen molar-refractivity contribution < 1.29 is 4.74 Å². The van der Waals surface area contributed by atoms with Gasteiger partial charge in [0.2, 0.25) is 0 Å². The largest absolute Gasteiger partial charge is 0.489 e. The van der Waals surface area contributed by atoms with E-state index in [0.29, 0.717) is 6.61 Å². The number of benzene rings is 3. The van der Waals surface area contributed by atoms with Crippen molar-refractivity contribution in [2.24, 2.45) is 0 Å². The highest BCUT2D eigenvalue weighted by Crippen LogP contribution is 2.28. The molecule has 0 atom stereocenters. The lowest BCUT2D eigenvalue weighted by Crippen LogP contribution is -2.17. The van der Waals surface area contributed by atoms with Crippen molar-refractivity contribution in [3.05, 3.63) is 120 Å². The van der Waals surface area contributed by atoms with Crippen molar-refractivity contribution in [1.29, 1.82) is 0 Å². The molecule has 1 aromatic heterocycles. The van der Waals surface area contributed by atoms with Crippen LogP contribution in [-0.2, 0) is 13.2 Å². The Morgan fingerprint density at radius 3 is 1.93 bits per heavy atom. The van der Waals surface area contributed by atoms with Crippen LogP contribution in [0.15, 0.2) is 109 Å².